The number of carbonyl (C=O) groups excluding carboxylic acids is 1. The van der Waals surface area contributed by atoms with E-state index in [9.17, 15) is 13.2 Å². The zero-order valence-corrected chi connectivity index (χ0v) is 13.2. The maximum atomic E-state index is 12.0. The second kappa shape index (κ2) is 6.66. The van der Waals surface area contributed by atoms with Gasteiger partial charge < -0.3 is 9.47 Å². The van der Waals surface area contributed by atoms with Crippen LogP contribution < -0.4 is 4.74 Å². The zero-order chi connectivity index (χ0) is 15.5. The highest BCUT2D eigenvalue weighted by Gasteiger charge is 2.21. The van der Waals surface area contributed by atoms with Gasteiger partial charge in [-0.1, -0.05) is 12.8 Å². The maximum Gasteiger partial charge on any atom is 0.338 e. The molecule has 0 heterocycles. The molecule has 116 valence electrons. The van der Waals surface area contributed by atoms with E-state index in [1.165, 1.54) is 38.2 Å². The Morgan fingerprint density at radius 2 is 2.00 bits per heavy atom. The Balaban J connectivity index is 2.13. The van der Waals surface area contributed by atoms with Gasteiger partial charge in [-0.3, -0.25) is 0 Å². The van der Waals surface area contributed by atoms with Crippen molar-refractivity contribution in [2.75, 3.05) is 13.7 Å². The van der Waals surface area contributed by atoms with Crippen molar-refractivity contribution < 1.29 is 22.7 Å². The molecule has 1 aliphatic rings. The molecule has 21 heavy (non-hydrogen) atoms. The van der Waals surface area contributed by atoms with Crippen molar-refractivity contribution in [1.82, 2.24) is 0 Å². The van der Waals surface area contributed by atoms with Gasteiger partial charge >= 0.3 is 5.97 Å². The lowest BCUT2D eigenvalue weighted by Gasteiger charge is -2.11. The Labute approximate surface area is 128 Å². The van der Waals surface area contributed by atoms with Crippen molar-refractivity contribution in [3.05, 3.63) is 23.8 Å². The molecule has 0 aromatic heterocycles. The highest BCUT2D eigenvalue weighted by molar-refractivity contribution is 8.13. The molecule has 0 spiro atoms. The summed E-state index contributed by atoms with van der Waals surface area (Å²) in [5.74, 6) is -0.0492. The van der Waals surface area contributed by atoms with Gasteiger partial charge in [0.2, 0.25) is 0 Å². The van der Waals surface area contributed by atoms with Gasteiger partial charge in [0, 0.05) is 10.7 Å². The fourth-order valence-electron chi connectivity index (χ4n) is 2.45. The normalized spacial score (nSPS) is 15.9. The van der Waals surface area contributed by atoms with Crippen molar-refractivity contribution in [2.24, 2.45) is 5.92 Å². The zero-order valence-electron chi connectivity index (χ0n) is 11.7. The average Bonchev–Trinajstić information content (AvgIpc) is 2.96. The number of carbonyl (C=O) groups is 1. The lowest BCUT2D eigenvalue weighted by atomic mass is 10.1. The first-order chi connectivity index (χ1) is 9.91. The summed E-state index contributed by atoms with van der Waals surface area (Å²) in [6, 6.07) is 4.03. The molecule has 1 aliphatic carbocycles. The number of hydrogen-bond acceptors (Lipinski definition) is 5. The van der Waals surface area contributed by atoms with Crippen LogP contribution >= 0.6 is 10.7 Å². The molecule has 0 amide bonds. The Morgan fingerprint density at radius 1 is 1.33 bits per heavy atom. The molecule has 1 aromatic rings. The largest absolute Gasteiger partial charge is 0.495 e. The average molecular weight is 333 g/mol. The third-order valence-electron chi connectivity index (χ3n) is 3.59. The number of rotatable bonds is 5. The maximum absolute atomic E-state index is 12.0. The molecule has 0 aliphatic heterocycles. The number of methoxy groups -OCH3 is 1. The summed E-state index contributed by atoms with van der Waals surface area (Å²) in [6.45, 7) is 0.369. The minimum Gasteiger partial charge on any atom is -0.495 e. The predicted octanol–water partition coefficient (Wildman–Crippen LogP) is 2.97. The van der Waals surface area contributed by atoms with Crippen LogP contribution in [0.1, 0.15) is 36.0 Å². The fourth-order valence-corrected chi connectivity index (χ4v) is 3.47. The number of esters is 1. The van der Waals surface area contributed by atoms with E-state index >= 15 is 0 Å². The third-order valence-corrected chi connectivity index (χ3v) is 4.93. The Hall–Kier alpha value is -1.27. The Kier molecular flexibility index (Phi) is 5.11. The van der Waals surface area contributed by atoms with E-state index < -0.39 is 15.0 Å². The van der Waals surface area contributed by atoms with E-state index in [1.54, 1.807) is 0 Å². The van der Waals surface area contributed by atoms with Crippen molar-refractivity contribution in [3.63, 3.8) is 0 Å². The van der Waals surface area contributed by atoms with Crippen LogP contribution in [-0.2, 0) is 13.8 Å². The number of ether oxygens (including phenoxy) is 2. The van der Waals surface area contributed by atoms with E-state index in [4.69, 9.17) is 20.2 Å². The number of hydrogen-bond donors (Lipinski definition) is 0. The molecule has 0 N–H and O–H groups in total. The lowest BCUT2D eigenvalue weighted by molar-refractivity contribution is 0.0442. The minimum absolute atomic E-state index is 0.0948. The fraction of sp³-hybridized carbons (Fsp3) is 0.500. The van der Waals surface area contributed by atoms with Gasteiger partial charge in [-0.25, -0.2) is 13.2 Å². The third kappa shape index (κ3) is 4.11. The SMILES string of the molecule is COc1ccc(C(=O)OCC2CCCC2)cc1S(=O)(=O)Cl. The summed E-state index contributed by atoms with van der Waals surface area (Å²) in [4.78, 5) is 11.7. The first kappa shape index (κ1) is 16.1. The summed E-state index contributed by atoms with van der Waals surface area (Å²) < 4.78 is 33.1. The van der Waals surface area contributed by atoms with Crippen LogP contribution in [0.3, 0.4) is 0 Å². The van der Waals surface area contributed by atoms with Crippen molar-refractivity contribution >= 4 is 25.7 Å². The van der Waals surface area contributed by atoms with Crippen LogP contribution in [0.15, 0.2) is 23.1 Å². The van der Waals surface area contributed by atoms with E-state index in [-0.39, 0.29) is 16.2 Å². The molecule has 0 atom stereocenters. The minimum atomic E-state index is -3.99. The van der Waals surface area contributed by atoms with Gasteiger partial charge in [0.05, 0.1) is 19.3 Å². The number of benzene rings is 1. The highest BCUT2D eigenvalue weighted by Crippen LogP contribution is 2.29. The highest BCUT2D eigenvalue weighted by atomic mass is 35.7. The van der Waals surface area contributed by atoms with E-state index in [2.05, 4.69) is 0 Å². The second-order valence-electron chi connectivity index (χ2n) is 5.05. The van der Waals surface area contributed by atoms with Gasteiger partial charge in [-0.2, -0.15) is 0 Å². The summed E-state index contributed by atoms with van der Waals surface area (Å²) >= 11 is 0. The Morgan fingerprint density at radius 3 is 2.57 bits per heavy atom. The predicted molar refractivity (Wildman–Crippen MR) is 78.3 cm³/mol. The van der Waals surface area contributed by atoms with Gasteiger partial charge in [-0.05, 0) is 37.0 Å². The molecule has 5 nitrogen and oxygen atoms in total. The molecular weight excluding hydrogens is 316 g/mol. The van der Waals surface area contributed by atoms with Gasteiger partial charge in [0.15, 0.2) is 0 Å². The van der Waals surface area contributed by atoms with Gasteiger partial charge in [-0.15, -0.1) is 0 Å². The lowest BCUT2D eigenvalue weighted by Crippen LogP contribution is -2.12. The quantitative estimate of drug-likeness (QED) is 0.612. The van der Waals surface area contributed by atoms with Crippen LogP contribution in [-0.4, -0.2) is 28.1 Å². The molecule has 0 bridgehead atoms. The molecule has 1 saturated carbocycles. The van der Waals surface area contributed by atoms with Crippen LogP contribution in [0.4, 0.5) is 0 Å². The smallest absolute Gasteiger partial charge is 0.338 e. The van der Waals surface area contributed by atoms with Crippen molar-refractivity contribution in [1.29, 1.82) is 0 Å². The number of halogens is 1. The van der Waals surface area contributed by atoms with Crippen LogP contribution in [0.2, 0.25) is 0 Å². The Bertz CT molecular complexity index is 620. The molecule has 1 aromatic carbocycles. The molecule has 0 saturated heterocycles. The van der Waals surface area contributed by atoms with Crippen molar-refractivity contribution in [2.45, 2.75) is 30.6 Å². The first-order valence-corrected chi connectivity index (χ1v) is 9.02. The van der Waals surface area contributed by atoms with Crippen molar-refractivity contribution in [3.8, 4) is 5.75 Å². The summed E-state index contributed by atoms with van der Waals surface area (Å²) in [5.41, 5.74) is 0.146. The van der Waals surface area contributed by atoms with Gasteiger partial charge in [0.25, 0.3) is 9.05 Å². The van der Waals surface area contributed by atoms with Crippen LogP contribution in [0.5, 0.6) is 5.75 Å². The monoisotopic (exact) mass is 332 g/mol. The molecule has 2 rings (SSSR count). The van der Waals surface area contributed by atoms with E-state index in [0.717, 1.165) is 12.8 Å². The van der Waals surface area contributed by atoms with E-state index in [0.29, 0.717) is 12.5 Å². The summed E-state index contributed by atoms with van der Waals surface area (Å²) in [6.07, 6.45) is 4.47. The standard InChI is InChI=1S/C14H17ClO5S/c1-19-12-7-6-11(8-13(12)21(15,17)18)14(16)20-9-10-4-2-3-5-10/h6-8,10H,2-5,9H2,1H3. The second-order valence-corrected chi connectivity index (χ2v) is 7.59. The first-order valence-electron chi connectivity index (χ1n) is 6.71. The molecule has 1 fully saturated rings. The molecule has 7 heteroatoms. The van der Waals surface area contributed by atoms with Gasteiger partial charge in [0.1, 0.15) is 10.6 Å². The molecule has 0 unspecified atom stereocenters. The van der Waals surface area contributed by atoms with Crippen LogP contribution in [0.25, 0.3) is 0 Å². The van der Waals surface area contributed by atoms with E-state index in [1.807, 2.05) is 0 Å². The van der Waals surface area contributed by atoms with Crippen LogP contribution in [0, 0.1) is 5.92 Å². The molecule has 0 radical (unpaired) electrons. The summed E-state index contributed by atoms with van der Waals surface area (Å²) in [7, 11) is 2.68. The summed E-state index contributed by atoms with van der Waals surface area (Å²) in [5, 5.41) is 0. The molecular formula is C14H17ClO5S. The topological polar surface area (TPSA) is 69.7 Å².